The molecule has 0 saturated carbocycles. The monoisotopic (exact) mass is 402 g/mol. The van der Waals surface area contributed by atoms with Crippen LogP contribution in [0, 0.1) is 0 Å². The van der Waals surface area contributed by atoms with Crippen LogP contribution in [0.3, 0.4) is 0 Å². The number of methoxy groups -OCH3 is 1. The summed E-state index contributed by atoms with van der Waals surface area (Å²) >= 11 is 0. The molecule has 3 N–H and O–H groups in total. The molecule has 0 heterocycles. The summed E-state index contributed by atoms with van der Waals surface area (Å²) < 4.78 is 10.7. The Balaban J connectivity index is 0. The van der Waals surface area contributed by atoms with Gasteiger partial charge in [-0.15, -0.1) is 24.0 Å². The van der Waals surface area contributed by atoms with Crippen LogP contribution in [0.25, 0.3) is 0 Å². The number of hydrogen-bond donors (Lipinski definition) is 2. The molecule has 0 aromatic heterocycles. The molecule has 0 spiro atoms. The molecule has 0 fully saturated rings. The van der Waals surface area contributed by atoms with Gasteiger partial charge in [0, 0.05) is 26.3 Å². The third-order valence-electron chi connectivity index (χ3n) is 2.58. The molecule has 2 unspecified atom stereocenters. The van der Waals surface area contributed by atoms with E-state index in [0.29, 0.717) is 25.7 Å². The van der Waals surface area contributed by atoms with Crippen LogP contribution in [0.5, 0.6) is 0 Å². The zero-order valence-corrected chi connectivity index (χ0v) is 15.7. The molecular weight excluding hydrogens is 371 g/mol. The Morgan fingerprint density at radius 3 is 2.55 bits per heavy atom. The topological polar surface area (TPSA) is 72.1 Å². The van der Waals surface area contributed by atoms with Crippen LogP contribution in [0.4, 0.5) is 0 Å². The van der Waals surface area contributed by atoms with E-state index in [2.05, 4.69) is 29.3 Å². The second-order valence-electron chi connectivity index (χ2n) is 4.90. The van der Waals surface area contributed by atoms with Gasteiger partial charge in [0.15, 0.2) is 5.96 Å². The van der Waals surface area contributed by atoms with E-state index in [9.17, 15) is 0 Å². The van der Waals surface area contributed by atoms with Crippen LogP contribution in [0.2, 0.25) is 0 Å². The van der Waals surface area contributed by atoms with E-state index in [1.54, 1.807) is 7.11 Å². The fourth-order valence-electron chi connectivity index (χ4n) is 1.66. The van der Waals surface area contributed by atoms with Crippen LogP contribution in [0.1, 0.15) is 20.3 Å². The highest BCUT2D eigenvalue weighted by molar-refractivity contribution is 14.0. The van der Waals surface area contributed by atoms with Gasteiger partial charge in [-0.2, -0.15) is 0 Å². The second kappa shape index (κ2) is 13.8. The van der Waals surface area contributed by atoms with E-state index in [4.69, 9.17) is 15.2 Å². The minimum Gasteiger partial charge on any atom is -0.383 e. The normalized spacial score (nSPS) is 14.8. The second-order valence-corrected chi connectivity index (χ2v) is 4.90. The Labute approximate surface area is 140 Å². The Bertz CT molecular complexity index is 253. The Morgan fingerprint density at radius 2 is 2.05 bits per heavy atom. The zero-order valence-electron chi connectivity index (χ0n) is 13.4. The van der Waals surface area contributed by atoms with Crippen molar-refractivity contribution in [3.8, 4) is 0 Å². The summed E-state index contributed by atoms with van der Waals surface area (Å²) in [6.45, 7) is 6.85. The standard InChI is InChI=1S/C13H30N4O2.HI/c1-6-19-12(7-8-17(3)4)9-15-13(14)16-11(2)10-18-5;/h11-12H,6-10H2,1-5H3,(H3,14,15,16);1H. The molecule has 0 bridgehead atoms. The molecule has 6 nitrogen and oxygen atoms in total. The van der Waals surface area contributed by atoms with Crippen LogP contribution in [0.15, 0.2) is 4.99 Å². The van der Waals surface area contributed by atoms with E-state index in [1.165, 1.54) is 0 Å². The van der Waals surface area contributed by atoms with Gasteiger partial charge < -0.3 is 25.4 Å². The summed E-state index contributed by atoms with van der Waals surface area (Å²) in [5, 5.41) is 3.08. The minimum absolute atomic E-state index is 0. The molecule has 0 amide bonds. The lowest BCUT2D eigenvalue weighted by molar-refractivity contribution is 0.0582. The lowest BCUT2D eigenvalue weighted by atomic mass is 10.2. The first kappa shape index (κ1) is 22.2. The molecule has 122 valence electrons. The lowest BCUT2D eigenvalue weighted by Crippen LogP contribution is -2.41. The van der Waals surface area contributed by atoms with Crippen molar-refractivity contribution < 1.29 is 9.47 Å². The molecule has 2 atom stereocenters. The van der Waals surface area contributed by atoms with Gasteiger partial charge in [0.05, 0.1) is 19.3 Å². The number of nitrogens with zero attached hydrogens (tertiary/aromatic N) is 2. The highest BCUT2D eigenvalue weighted by Crippen LogP contribution is 2.00. The first-order valence-electron chi connectivity index (χ1n) is 6.81. The summed E-state index contributed by atoms with van der Waals surface area (Å²) in [4.78, 5) is 6.46. The van der Waals surface area contributed by atoms with Gasteiger partial charge >= 0.3 is 0 Å². The summed E-state index contributed by atoms with van der Waals surface area (Å²) in [6.07, 6.45) is 1.07. The van der Waals surface area contributed by atoms with Crippen molar-refractivity contribution in [3.05, 3.63) is 0 Å². The summed E-state index contributed by atoms with van der Waals surface area (Å²) in [5.74, 6) is 0.444. The minimum atomic E-state index is 0. The Hall–Kier alpha value is -0.120. The van der Waals surface area contributed by atoms with Gasteiger partial charge in [-0.3, -0.25) is 4.99 Å². The zero-order chi connectivity index (χ0) is 14.7. The maximum absolute atomic E-state index is 5.82. The molecule has 0 aromatic carbocycles. The van der Waals surface area contributed by atoms with Crippen molar-refractivity contribution in [3.63, 3.8) is 0 Å². The number of halogens is 1. The van der Waals surface area contributed by atoms with E-state index >= 15 is 0 Å². The number of hydrogen-bond acceptors (Lipinski definition) is 4. The van der Waals surface area contributed by atoms with Gasteiger partial charge in [0.25, 0.3) is 0 Å². The number of aliphatic imine (C=N–C) groups is 1. The summed E-state index contributed by atoms with van der Waals surface area (Å²) in [6, 6.07) is 0.154. The molecule has 0 aliphatic heterocycles. The quantitative estimate of drug-likeness (QED) is 0.323. The van der Waals surface area contributed by atoms with Crippen molar-refractivity contribution >= 4 is 29.9 Å². The van der Waals surface area contributed by atoms with E-state index < -0.39 is 0 Å². The highest BCUT2D eigenvalue weighted by atomic mass is 127. The molecule has 0 aliphatic rings. The van der Waals surface area contributed by atoms with Crippen LogP contribution in [-0.4, -0.2) is 70.5 Å². The van der Waals surface area contributed by atoms with Crippen LogP contribution < -0.4 is 11.1 Å². The maximum Gasteiger partial charge on any atom is 0.188 e. The first-order chi connectivity index (χ1) is 8.99. The largest absolute Gasteiger partial charge is 0.383 e. The van der Waals surface area contributed by atoms with Crippen molar-refractivity contribution in [2.75, 3.05) is 47.5 Å². The number of nitrogens with one attached hydrogen (secondary N) is 1. The molecule has 0 aliphatic carbocycles. The molecule has 20 heavy (non-hydrogen) atoms. The fraction of sp³-hybridized carbons (Fsp3) is 0.923. The average molecular weight is 402 g/mol. The summed E-state index contributed by atoms with van der Waals surface area (Å²) in [7, 11) is 5.76. The van der Waals surface area contributed by atoms with E-state index in [0.717, 1.165) is 13.0 Å². The lowest BCUT2D eigenvalue weighted by Gasteiger charge is -2.18. The fourth-order valence-corrected chi connectivity index (χ4v) is 1.66. The molecule has 0 aromatic rings. The summed E-state index contributed by atoms with van der Waals surface area (Å²) in [5.41, 5.74) is 5.82. The first-order valence-corrected chi connectivity index (χ1v) is 6.81. The molecular formula is C13H31IN4O2. The van der Waals surface area contributed by atoms with E-state index in [1.807, 2.05) is 13.8 Å². The van der Waals surface area contributed by atoms with Crippen LogP contribution >= 0.6 is 24.0 Å². The van der Waals surface area contributed by atoms with Gasteiger partial charge in [0.2, 0.25) is 0 Å². The molecule has 0 rings (SSSR count). The Morgan fingerprint density at radius 1 is 1.40 bits per heavy atom. The number of guanidine groups is 1. The predicted molar refractivity (Wildman–Crippen MR) is 95.0 cm³/mol. The Kier molecular flexibility index (Phi) is 15.3. The van der Waals surface area contributed by atoms with Crippen molar-refractivity contribution in [2.45, 2.75) is 32.4 Å². The maximum atomic E-state index is 5.82. The van der Waals surface area contributed by atoms with Gasteiger partial charge in [0.1, 0.15) is 0 Å². The predicted octanol–water partition coefficient (Wildman–Crippen LogP) is 0.900. The highest BCUT2D eigenvalue weighted by Gasteiger charge is 2.09. The van der Waals surface area contributed by atoms with Gasteiger partial charge in [-0.05, 0) is 34.4 Å². The van der Waals surface area contributed by atoms with Crippen molar-refractivity contribution in [1.82, 2.24) is 10.2 Å². The molecule has 0 saturated heterocycles. The number of ether oxygens (including phenoxy) is 2. The van der Waals surface area contributed by atoms with Crippen molar-refractivity contribution in [1.29, 1.82) is 0 Å². The third-order valence-corrected chi connectivity index (χ3v) is 2.58. The average Bonchev–Trinajstić information content (AvgIpc) is 2.32. The van der Waals surface area contributed by atoms with E-state index in [-0.39, 0.29) is 36.1 Å². The number of nitrogens with two attached hydrogens (primary N) is 1. The SMILES string of the molecule is CCOC(CCN(C)C)CN=C(N)NC(C)COC.I. The third kappa shape index (κ3) is 12.9. The molecule has 0 radical (unpaired) electrons. The smallest absolute Gasteiger partial charge is 0.188 e. The molecule has 7 heteroatoms. The van der Waals surface area contributed by atoms with Crippen LogP contribution in [-0.2, 0) is 9.47 Å². The van der Waals surface area contributed by atoms with Gasteiger partial charge in [-0.25, -0.2) is 0 Å². The van der Waals surface area contributed by atoms with Gasteiger partial charge in [-0.1, -0.05) is 0 Å². The van der Waals surface area contributed by atoms with Crippen molar-refractivity contribution in [2.24, 2.45) is 10.7 Å². The number of rotatable bonds is 10.